The number of aromatic amines is 1. The third kappa shape index (κ3) is 2.94. The van der Waals surface area contributed by atoms with Crippen LogP contribution >= 0.6 is 11.6 Å². The fourth-order valence-corrected chi connectivity index (χ4v) is 1.34. The molecule has 17 heavy (non-hydrogen) atoms. The van der Waals surface area contributed by atoms with Crippen molar-refractivity contribution in [2.75, 3.05) is 10.6 Å². The van der Waals surface area contributed by atoms with Gasteiger partial charge < -0.3 is 5.32 Å². The number of aromatic nitrogens is 3. The highest BCUT2D eigenvalue weighted by Gasteiger charge is 2.05. The van der Waals surface area contributed by atoms with Crippen LogP contribution in [-0.2, 0) is 0 Å². The summed E-state index contributed by atoms with van der Waals surface area (Å²) in [7, 11) is 0. The van der Waals surface area contributed by atoms with Gasteiger partial charge in [0.2, 0.25) is 0 Å². The van der Waals surface area contributed by atoms with E-state index in [1.54, 1.807) is 18.3 Å². The van der Waals surface area contributed by atoms with Crippen LogP contribution in [0.3, 0.4) is 0 Å². The zero-order chi connectivity index (χ0) is 12.3. The number of hydrogen-bond acceptors (Lipinski definition) is 3. The van der Waals surface area contributed by atoms with Gasteiger partial charge in [0.05, 0.1) is 18.1 Å². The van der Waals surface area contributed by atoms with Gasteiger partial charge in [-0.05, 0) is 18.6 Å². The Labute approximate surface area is 102 Å². The molecule has 0 bridgehead atoms. The zero-order valence-electron chi connectivity index (χ0n) is 8.99. The molecule has 0 unspecified atom stereocenters. The van der Waals surface area contributed by atoms with Gasteiger partial charge in [0.1, 0.15) is 11.0 Å². The van der Waals surface area contributed by atoms with E-state index in [-0.39, 0.29) is 6.03 Å². The number of nitrogens with zero attached hydrogens (tertiary/aromatic N) is 2. The SMILES string of the molecule is Cc1cc(NC(=O)Nc2ccn[nH]2)cnc1Cl. The minimum absolute atomic E-state index is 0.377. The summed E-state index contributed by atoms with van der Waals surface area (Å²) < 4.78 is 0. The van der Waals surface area contributed by atoms with Crippen LogP contribution < -0.4 is 10.6 Å². The van der Waals surface area contributed by atoms with Crippen molar-refractivity contribution in [3.05, 3.63) is 35.2 Å². The van der Waals surface area contributed by atoms with Crippen LogP contribution in [0, 0.1) is 6.92 Å². The number of carbonyl (C=O) groups excluding carboxylic acids is 1. The molecule has 0 atom stereocenters. The average Bonchev–Trinajstić information content (AvgIpc) is 2.76. The summed E-state index contributed by atoms with van der Waals surface area (Å²) in [5.41, 5.74) is 1.37. The van der Waals surface area contributed by atoms with Crippen LogP contribution in [0.4, 0.5) is 16.3 Å². The number of carbonyl (C=O) groups is 1. The number of amides is 2. The molecule has 0 fully saturated rings. The average molecular weight is 252 g/mol. The Morgan fingerprint density at radius 2 is 2.29 bits per heavy atom. The van der Waals surface area contributed by atoms with E-state index < -0.39 is 0 Å². The molecule has 0 spiro atoms. The molecule has 0 aromatic carbocycles. The smallest absolute Gasteiger partial charge is 0.306 e. The highest BCUT2D eigenvalue weighted by molar-refractivity contribution is 6.30. The minimum atomic E-state index is -0.377. The van der Waals surface area contributed by atoms with Gasteiger partial charge in [-0.3, -0.25) is 10.4 Å². The Bertz CT molecular complexity index is 525. The molecule has 0 aliphatic heterocycles. The summed E-state index contributed by atoms with van der Waals surface area (Å²) in [5.74, 6) is 0.515. The Hall–Kier alpha value is -2.08. The predicted octanol–water partition coefficient (Wildman–Crippen LogP) is 2.41. The van der Waals surface area contributed by atoms with Gasteiger partial charge in [-0.2, -0.15) is 5.10 Å². The Kier molecular flexibility index (Phi) is 3.24. The van der Waals surface area contributed by atoms with Gasteiger partial charge >= 0.3 is 6.03 Å². The summed E-state index contributed by atoms with van der Waals surface area (Å²) in [6.45, 7) is 1.81. The van der Waals surface area contributed by atoms with Crippen molar-refractivity contribution in [2.24, 2.45) is 0 Å². The lowest BCUT2D eigenvalue weighted by Crippen LogP contribution is -2.19. The first-order valence-electron chi connectivity index (χ1n) is 4.84. The molecular weight excluding hydrogens is 242 g/mol. The molecule has 88 valence electrons. The third-order valence-corrected chi connectivity index (χ3v) is 2.42. The van der Waals surface area contributed by atoms with Crippen molar-refractivity contribution in [2.45, 2.75) is 6.92 Å². The summed E-state index contributed by atoms with van der Waals surface area (Å²) in [4.78, 5) is 15.5. The number of hydrogen-bond donors (Lipinski definition) is 3. The number of nitrogens with one attached hydrogen (secondary N) is 3. The van der Waals surface area contributed by atoms with Crippen molar-refractivity contribution in [1.29, 1.82) is 0 Å². The molecule has 6 nitrogen and oxygen atoms in total. The summed E-state index contributed by atoms with van der Waals surface area (Å²) in [6.07, 6.45) is 3.03. The molecule has 0 aliphatic carbocycles. The molecule has 0 aliphatic rings. The zero-order valence-corrected chi connectivity index (χ0v) is 9.75. The monoisotopic (exact) mass is 251 g/mol. The van der Waals surface area contributed by atoms with E-state index in [0.29, 0.717) is 16.7 Å². The van der Waals surface area contributed by atoms with E-state index in [2.05, 4.69) is 25.8 Å². The molecule has 2 rings (SSSR count). The Balaban J connectivity index is 2.00. The number of rotatable bonds is 2. The second kappa shape index (κ2) is 4.84. The first-order chi connectivity index (χ1) is 8.15. The first-order valence-corrected chi connectivity index (χ1v) is 5.22. The molecule has 3 N–H and O–H groups in total. The third-order valence-electron chi connectivity index (χ3n) is 2.02. The van der Waals surface area contributed by atoms with E-state index in [9.17, 15) is 4.79 Å². The summed E-state index contributed by atoms with van der Waals surface area (Å²) >= 11 is 5.78. The maximum absolute atomic E-state index is 11.5. The van der Waals surface area contributed by atoms with E-state index in [4.69, 9.17) is 11.6 Å². The second-order valence-corrected chi connectivity index (χ2v) is 3.74. The van der Waals surface area contributed by atoms with E-state index >= 15 is 0 Å². The number of urea groups is 1. The van der Waals surface area contributed by atoms with Gasteiger partial charge in [0.25, 0.3) is 0 Å². The fraction of sp³-hybridized carbons (Fsp3) is 0.100. The number of halogens is 1. The maximum atomic E-state index is 11.5. The highest BCUT2D eigenvalue weighted by atomic mass is 35.5. The molecule has 2 aromatic heterocycles. The lowest BCUT2D eigenvalue weighted by Gasteiger charge is -2.06. The minimum Gasteiger partial charge on any atom is -0.306 e. The van der Waals surface area contributed by atoms with Gasteiger partial charge in [0, 0.05) is 6.07 Å². The molecule has 2 heterocycles. The van der Waals surface area contributed by atoms with Gasteiger partial charge in [-0.1, -0.05) is 11.6 Å². The lowest BCUT2D eigenvalue weighted by molar-refractivity contribution is 0.262. The Morgan fingerprint density at radius 1 is 1.47 bits per heavy atom. The molecule has 2 aromatic rings. The molecule has 2 amide bonds. The molecular formula is C10H10ClN5O. The van der Waals surface area contributed by atoms with Gasteiger partial charge in [-0.25, -0.2) is 9.78 Å². The number of pyridine rings is 1. The van der Waals surface area contributed by atoms with Crippen molar-refractivity contribution < 1.29 is 4.79 Å². The fourth-order valence-electron chi connectivity index (χ4n) is 1.24. The van der Waals surface area contributed by atoms with Crippen molar-refractivity contribution in [3.8, 4) is 0 Å². The summed E-state index contributed by atoms with van der Waals surface area (Å²) in [5, 5.41) is 12.0. The number of aryl methyl sites for hydroxylation is 1. The molecule has 0 saturated carbocycles. The highest BCUT2D eigenvalue weighted by Crippen LogP contribution is 2.16. The largest absolute Gasteiger partial charge is 0.324 e. The van der Waals surface area contributed by atoms with E-state index in [1.165, 1.54) is 6.20 Å². The van der Waals surface area contributed by atoms with E-state index in [1.807, 2.05) is 6.92 Å². The number of anilines is 2. The van der Waals surface area contributed by atoms with Crippen molar-refractivity contribution in [3.63, 3.8) is 0 Å². The number of H-pyrrole nitrogens is 1. The molecule has 0 saturated heterocycles. The standard InChI is InChI=1S/C10H10ClN5O/c1-6-4-7(5-12-9(6)11)14-10(17)15-8-2-3-13-16-8/h2-5H,1H3,(H3,13,14,15,16,17). The van der Waals surface area contributed by atoms with Crippen LogP contribution in [0.15, 0.2) is 24.5 Å². The van der Waals surface area contributed by atoms with Crippen molar-refractivity contribution >= 4 is 29.1 Å². The molecule has 0 radical (unpaired) electrons. The van der Waals surface area contributed by atoms with E-state index in [0.717, 1.165) is 5.56 Å². The van der Waals surface area contributed by atoms with Crippen LogP contribution in [0.1, 0.15) is 5.56 Å². The molecule has 7 heteroatoms. The quantitative estimate of drug-likeness (QED) is 0.717. The van der Waals surface area contributed by atoms with Gasteiger partial charge in [-0.15, -0.1) is 0 Å². The predicted molar refractivity (Wildman–Crippen MR) is 65.2 cm³/mol. The first kappa shape index (κ1) is 11.4. The Morgan fingerprint density at radius 3 is 2.94 bits per heavy atom. The normalized spacial score (nSPS) is 10.0. The van der Waals surface area contributed by atoms with Gasteiger partial charge in [0.15, 0.2) is 0 Å². The van der Waals surface area contributed by atoms with Crippen LogP contribution in [0.5, 0.6) is 0 Å². The lowest BCUT2D eigenvalue weighted by atomic mass is 10.3. The maximum Gasteiger partial charge on any atom is 0.324 e. The van der Waals surface area contributed by atoms with Crippen molar-refractivity contribution in [1.82, 2.24) is 15.2 Å². The summed E-state index contributed by atoms with van der Waals surface area (Å²) in [6, 6.07) is 3.00. The van der Waals surface area contributed by atoms with Crippen LogP contribution in [-0.4, -0.2) is 21.2 Å². The second-order valence-electron chi connectivity index (χ2n) is 3.38. The topological polar surface area (TPSA) is 82.7 Å². The van der Waals surface area contributed by atoms with Crippen LogP contribution in [0.25, 0.3) is 0 Å². The van der Waals surface area contributed by atoms with Crippen LogP contribution in [0.2, 0.25) is 5.15 Å².